The van der Waals surface area contributed by atoms with Gasteiger partial charge in [-0.25, -0.2) is 4.79 Å². The van der Waals surface area contributed by atoms with Gasteiger partial charge in [-0.2, -0.15) is 0 Å². The lowest BCUT2D eigenvalue weighted by Gasteiger charge is -2.26. The number of likely N-dealkylation sites (tertiary alicyclic amines) is 1. The number of rotatable bonds is 5. The van der Waals surface area contributed by atoms with Crippen LogP contribution in [0, 0.1) is 0 Å². The van der Waals surface area contributed by atoms with E-state index in [2.05, 4.69) is 20.8 Å². The smallest absolute Gasteiger partial charge is 0.339 e. The minimum Gasteiger partial charge on any atom is -0.490 e. The highest BCUT2D eigenvalue weighted by molar-refractivity contribution is 9.10. The molecule has 110 valence electrons. The predicted molar refractivity (Wildman–Crippen MR) is 81.9 cm³/mol. The highest BCUT2D eigenvalue weighted by Gasteiger charge is 2.17. The largest absolute Gasteiger partial charge is 0.490 e. The van der Waals surface area contributed by atoms with Crippen LogP contribution >= 0.6 is 27.5 Å². The van der Waals surface area contributed by atoms with Gasteiger partial charge in [0.2, 0.25) is 0 Å². The van der Waals surface area contributed by atoms with Gasteiger partial charge in [0.1, 0.15) is 17.9 Å². The number of hydrogen-bond acceptors (Lipinski definition) is 3. The van der Waals surface area contributed by atoms with E-state index in [1.165, 1.54) is 25.3 Å². The Labute approximate surface area is 131 Å². The van der Waals surface area contributed by atoms with Crippen LogP contribution in [0.5, 0.6) is 5.75 Å². The van der Waals surface area contributed by atoms with Gasteiger partial charge < -0.3 is 9.84 Å². The number of benzene rings is 1. The maximum atomic E-state index is 11.2. The molecule has 0 amide bonds. The number of nitrogens with zero attached hydrogens (tertiary/aromatic N) is 1. The van der Waals surface area contributed by atoms with E-state index in [1.54, 1.807) is 6.07 Å². The van der Waals surface area contributed by atoms with E-state index in [1.807, 2.05) is 0 Å². The zero-order valence-electron chi connectivity index (χ0n) is 11.1. The molecule has 1 aromatic rings. The third kappa shape index (κ3) is 4.11. The predicted octanol–water partition coefficient (Wildman–Crippen LogP) is 3.67. The third-order valence-corrected chi connectivity index (χ3v) is 4.15. The lowest BCUT2D eigenvalue weighted by atomic mass is 10.1. The zero-order valence-corrected chi connectivity index (χ0v) is 13.4. The number of hydrogen-bond donors (Lipinski definition) is 1. The molecule has 20 heavy (non-hydrogen) atoms. The van der Waals surface area contributed by atoms with E-state index < -0.39 is 5.97 Å². The second kappa shape index (κ2) is 7.29. The molecule has 0 aromatic heterocycles. The summed E-state index contributed by atoms with van der Waals surface area (Å²) in [6, 6.07) is 3.05. The van der Waals surface area contributed by atoms with Crippen LogP contribution in [0.3, 0.4) is 0 Å². The molecule has 0 aliphatic carbocycles. The van der Waals surface area contributed by atoms with Crippen molar-refractivity contribution in [2.24, 2.45) is 0 Å². The Hall–Kier alpha value is -0.780. The van der Waals surface area contributed by atoms with E-state index in [0.717, 1.165) is 19.6 Å². The van der Waals surface area contributed by atoms with Gasteiger partial charge in [-0.3, -0.25) is 4.90 Å². The van der Waals surface area contributed by atoms with E-state index in [-0.39, 0.29) is 5.56 Å². The molecular formula is C14H17BrClNO3. The van der Waals surface area contributed by atoms with Gasteiger partial charge >= 0.3 is 5.97 Å². The molecule has 1 heterocycles. The number of piperidine rings is 1. The number of carboxylic acid groups (broad SMARTS) is 1. The van der Waals surface area contributed by atoms with Gasteiger partial charge in [0.05, 0.1) is 4.47 Å². The molecule has 4 nitrogen and oxygen atoms in total. The van der Waals surface area contributed by atoms with Crippen molar-refractivity contribution in [2.45, 2.75) is 19.3 Å². The average molecular weight is 363 g/mol. The van der Waals surface area contributed by atoms with Crippen molar-refractivity contribution in [1.29, 1.82) is 0 Å². The fraction of sp³-hybridized carbons (Fsp3) is 0.500. The minimum atomic E-state index is -1.04. The lowest BCUT2D eigenvalue weighted by molar-refractivity contribution is 0.0691. The first kappa shape index (κ1) is 15.6. The molecule has 2 rings (SSSR count). The van der Waals surface area contributed by atoms with Crippen molar-refractivity contribution in [3.05, 3.63) is 27.2 Å². The van der Waals surface area contributed by atoms with Gasteiger partial charge in [0.25, 0.3) is 0 Å². The summed E-state index contributed by atoms with van der Waals surface area (Å²) in [6.07, 6.45) is 3.75. The van der Waals surface area contributed by atoms with E-state index in [9.17, 15) is 9.90 Å². The van der Waals surface area contributed by atoms with Gasteiger partial charge in [-0.15, -0.1) is 0 Å². The van der Waals surface area contributed by atoms with E-state index in [0.29, 0.717) is 21.9 Å². The Kier molecular flexibility index (Phi) is 5.69. The zero-order chi connectivity index (χ0) is 14.5. The standard InChI is InChI=1S/C14H17BrClNO3/c15-12-9-10(16)8-11(14(18)19)13(12)20-7-6-17-4-2-1-3-5-17/h8-9H,1-7H2,(H,18,19). The van der Waals surface area contributed by atoms with Crippen LogP contribution in [0.15, 0.2) is 16.6 Å². The maximum absolute atomic E-state index is 11.2. The Bertz CT molecular complexity index is 490. The van der Waals surface area contributed by atoms with Gasteiger partial charge in [0.15, 0.2) is 0 Å². The van der Waals surface area contributed by atoms with Crippen molar-refractivity contribution in [2.75, 3.05) is 26.2 Å². The second-order valence-electron chi connectivity index (χ2n) is 4.82. The van der Waals surface area contributed by atoms with Crippen molar-refractivity contribution in [3.8, 4) is 5.75 Å². The summed E-state index contributed by atoms with van der Waals surface area (Å²) in [5.74, 6) is -0.694. The molecule has 0 unspecified atom stereocenters. The highest BCUT2D eigenvalue weighted by Crippen LogP contribution is 2.32. The molecule has 0 radical (unpaired) electrons. The molecule has 1 N–H and O–H groups in total. The summed E-state index contributed by atoms with van der Waals surface area (Å²) >= 11 is 9.17. The van der Waals surface area contributed by atoms with Crippen LogP contribution in [0.1, 0.15) is 29.6 Å². The normalized spacial score (nSPS) is 16.1. The average Bonchev–Trinajstić information content (AvgIpc) is 2.41. The third-order valence-electron chi connectivity index (χ3n) is 3.34. The molecule has 1 fully saturated rings. The Balaban J connectivity index is 1.99. The van der Waals surface area contributed by atoms with Crippen LogP contribution < -0.4 is 4.74 Å². The topological polar surface area (TPSA) is 49.8 Å². The summed E-state index contributed by atoms with van der Waals surface area (Å²) in [6.45, 7) is 3.47. The lowest BCUT2D eigenvalue weighted by Crippen LogP contribution is -2.33. The summed E-state index contributed by atoms with van der Waals surface area (Å²) in [4.78, 5) is 13.6. The van der Waals surface area contributed by atoms with Crippen molar-refractivity contribution >= 4 is 33.5 Å². The first-order valence-electron chi connectivity index (χ1n) is 6.65. The van der Waals surface area contributed by atoms with Crippen molar-refractivity contribution in [3.63, 3.8) is 0 Å². The molecular weight excluding hydrogens is 346 g/mol. The molecule has 1 saturated heterocycles. The molecule has 1 aliphatic rings. The number of aromatic carboxylic acids is 1. The molecule has 0 atom stereocenters. The Morgan fingerprint density at radius 2 is 2.05 bits per heavy atom. The first-order chi connectivity index (χ1) is 9.58. The van der Waals surface area contributed by atoms with Crippen molar-refractivity contribution < 1.29 is 14.6 Å². The van der Waals surface area contributed by atoms with Crippen LogP contribution in [0.4, 0.5) is 0 Å². The van der Waals surface area contributed by atoms with Gasteiger partial charge in [-0.05, 0) is 54.0 Å². The van der Waals surface area contributed by atoms with E-state index in [4.69, 9.17) is 16.3 Å². The molecule has 6 heteroatoms. The summed E-state index contributed by atoms with van der Waals surface area (Å²) in [7, 11) is 0. The Morgan fingerprint density at radius 3 is 2.70 bits per heavy atom. The fourth-order valence-corrected chi connectivity index (χ4v) is 3.25. The summed E-state index contributed by atoms with van der Waals surface area (Å²) in [5, 5.41) is 9.57. The monoisotopic (exact) mass is 361 g/mol. The van der Waals surface area contributed by atoms with Crippen LogP contribution in [-0.2, 0) is 0 Å². The molecule has 0 spiro atoms. The molecule has 0 bridgehead atoms. The number of ether oxygens (including phenoxy) is 1. The summed E-state index contributed by atoms with van der Waals surface area (Å²) in [5.41, 5.74) is 0.0861. The number of carboxylic acids is 1. The van der Waals surface area contributed by atoms with Gasteiger partial charge in [-0.1, -0.05) is 18.0 Å². The number of halogens is 2. The Morgan fingerprint density at radius 1 is 1.35 bits per heavy atom. The number of carbonyl (C=O) groups is 1. The second-order valence-corrected chi connectivity index (χ2v) is 6.11. The molecule has 1 aromatic carbocycles. The molecule has 1 aliphatic heterocycles. The van der Waals surface area contributed by atoms with Crippen LogP contribution in [0.2, 0.25) is 5.02 Å². The van der Waals surface area contributed by atoms with Crippen LogP contribution in [0.25, 0.3) is 0 Å². The fourth-order valence-electron chi connectivity index (χ4n) is 2.33. The van der Waals surface area contributed by atoms with Gasteiger partial charge in [0, 0.05) is 11.6 Å². The van der Waals surface area contributed by atoms with E-state index >= 15 is 0 Å². The molecule has 0 saturated carbocycles. The minimum absolute atomic E-state index is 0.0861. The quantitative estimate of drug-likeness (QED) is 0.868. The SMILES string of the molecule is O=C(O)c1cc(Cl)cc(Br)c1OCCN1CCCCC1. The van der Waals surface area contributed by atoms with Crippen molar-refractivity contribution in [1.82, 2.24) is 4.90 Å². The summed E-state index contributed by atoms with van der Waals surface area (Å²) < 4.78 is 6.23. The highest BCUT2D eigenvalue weighted by atomic mass is 79.9. The van der Waals surface area contributed by atoms with Crippen LogP contribution in [-0.4, -0.2) is 42.2 Å². The first-order valence-corrected chi connectivity index (χ1v) is 7.82. The maximum Gasteiger partial charge on any atom is 0.339 e.